The van der Waals surface area contributed by atoms with Crippen molar-refractivity contribution in [2.75, 3.05) is 6.61 Å². The second-order valence-electron chi connectivity index (χ2n) is 3.36. The third-order valence-corrected chi connectivity index (χ3v) is 2.10. The molecule has 0 rings (SSSR count). The molecule has 0 aromatic heterocycles. The van der Waals surface area contributed by atoms with Gasteiger partial charge in [0.05, 0.1) is 6.61 Å². The Morgan fingerprint density at radius 1 is 1.36 bits per heavy atom. The van der Waals surface area contributed by atoms with Crippen LogP contribution in [0.5, 0.6) is 0 Å². The van der Waals surface area contributed by atoms with E-state index in [-0.39, 0.29) is 6.61 Å². The van der Waals surface area contributed by atoms with Crippen LogP contribution in [-0.2, 0) is 0 Å². The fraction of sp³-hybridized carbons (Fsp3) is 0.385. The van der Waals surface area contributed by atoms with Crippen molar-refractivity contribution in [2.45, 2.75) is 26.7 Å². The summed E-state index contributed by atoms with van der Waals surface area (Å²) in [5, 5.41) is 8.80. The summed E-state index contributed by atoms with van der Waals surface area (Å²) in [6, 6.07) is 0. The molecule has 0 aromatic rings. The van der Waals surface area contributed by atoms with Crippen molar-refractivity contribution in [3.8, 4) is 0 Å². The molecule has 0 aliphatic rings. The average Bonchev–Trinajstić information content (AvgIpc) is 2.22. The maximum absolute atomic E-state index is 8.80. The first kappa shape index (κ1) is 12.9. The first-order chi connectivity index (χ1) is 6.63. The molecule has 0 aromatic carbocycles. The molecule has 0 bridgehead atoms. The minimum Gasteiger partial charge on any atom is -0.392 e. The predicted molar refractivity (Wildman–Crippen MR) is 63.2 cm³/mol. The monoisotopic (exact) mass is 192 g/mol. The summed E-state index contributed by atoms with van der Waals surface area (Å²) in [5.41, 5.74) is 3.30. The molecule has 78 valence electrons. The van der Waals surface area contributed by atoms with E-state index in [4.69, 9.17) is 5.11 Å². The van der Waals surface area contributed by atoms with E-state index >= 15 is 0 Å². The fourth-order valence-electron chi connectivity index (χ4n) is 1.05. The van der Waals surface area contributed by atoms with Crippen molar-refractivity contribution in [1.29, 1.82) is 0 Å². The molecule has 0 amide bonds. The maximum Gasteiger partial charge on any atom is 0.0639 e. The topological polar surface area (TPSA) is 20.2 Å². The van der Waals surface area contributed by atoms with Gasteiger partial charge in [0.2, 0.25) is 0 Å². The number of allylic oxidation sites excluding steroid dienone is 5. The third kappa shape index (κ3) is 5.55. The summed E-state index contributed by atoms with van der Waals surface area (Å²) in [5.74, 6) is 0. The zero-order valence-electron chi connectivity index (χ0n) is 9.21. The Kier molecular flexibility index (Phi) is 6.77. The lowest BCUT2D eigenvalue weighted by molar-refractivity contribution is 0.327. The van der Waals surface area contributed by atoms with Gasteiger partial charge in [0.1, 0.15) is 0 Å². The van der Waals surface area contributed by atoms with Gasteiger partial charge in [0, 0.05) is 0 Å². The van der Waals surface area contributed by atoms with Crippen LogP contribution in [0, 0.1) is 0 Å². The van der Waals surface area contributed by atoms with Crippen LogP contribution < -0.4 is 0 Å². The summed E-state index contributed by atoms with van der Waals surface area (Å²) >= 11 is 0. The normalized spacial score (nSPS) is 12.8. The zero-order valence-corrected chi connectivity index (χ0v) is 9.21. The number of hydrogen-bond donors (Lipinski definition) is 1. The predicted octanol–water partition coefficient (Wildman–Crippen LogP) is 3.39. The summed E-state index contributed by atoms with van der Waals surface area (Å²) < 4.78 is 0. The molecular formula is C13H20O. The number of rotatable bonds is 6. The van der Waals surface area contributed by atoms with Gasteiger partial charge in [-0.1, -0.05) is 48.1 Å². The van der Waals surface area contributed by atoms with Gasteiger partial charge < -0.3 is 5.11 Å². The Bertz CT molecular complexity index is 256. The number of aliphatic hydroxyl groups is 1. The van der Waals surface area contributed by atoms with Crippen LogP contribution >= 0.6 is 0 Å². The van der Waals surface area contributed by atoms with Gasteiger partial charge in [-0.15, -0.1) is 0 Å². The van der Waals surface area contributed by atoms with E-state index in [1.165, 1.54) is 5.57 Å². The maximum atomic E-state index is 8.80. The van der Waals surface area contributed by atoms with E-state index in [9.17, 15) is 0 Å². The van der Waals surface area contributed by atoms with Crippen LogP contribution in [0.1, 0.15) is 26.7 Å². The van der Waals surface area contributed by atoms with E-state index in [1.54, 1.807) is 0 Å². The van der Waals surface area contributed by atoms with Crippen LogP contribution in [0.4, 0.5) is 0 Å². The van der Waals surface area contributed by atoms with E-state index in [0.29, 0.717) is 0 Å². The van der Waals surface area contributed by atoms with Gasteiger partial charge in [-0.3, -0.25) is 0 Å². The Hall–Kier alpha value is -1.08. The van der Waals surface area contributed by atoms with E-state index < -0.39 is 0 Å². The highest BCUT2D eigenvalue weighted by atomic mass is 16.3. The highest BCUT2D eigenvalue weighted by Gasteiger charge is 1.96. The molecular weight excluding hydrogens is 172 g/mol. The number of hydrogen-bond acceptors (Lipinski definition) is 1. The zero-order chi connectivity index (χ0) is 11.0. The third-order valence-electron chi connectivity index (χ3n) is 2.10. The molecule has 1 nitrogen and oxygen atoms in total. The van der Waals surface area contributed by atoms with Crippen molar-refractivity contribution >= 4 is 0 Å². The number of aliphatic hydroxyl groups excluding tert-OH is 1. The molecule has 0 aliphatic heterocycles. The van der Waals surface area contributed by atoms with Gasteiger partial charge >= 0.3 is 0 Å². The van der Waals surface area contributed by atoms with Crippen molar-refractivity contribution in [1.82, 2.24) is 0 Å². The van der Waals surface area contributed by atoms with Gasteiger partial charge in [0.25, 0.3) is 0 Å². The molecule has 0 spiro atoms. The standard InChI is InChI=1S/C13H20O/c1-5-11(3)9-13(6-2)8-7-12(4)10-14/h5-6,9,14H,1,4,7-8,10H2,2-3H3/b11-9-,13-6-. The van der Waals surface area contributed by atoms with Crippen molar-refractivity contribution in [3.63, 3.8) is 0 Å². The van der Waals surface area contributed by atoms with E-state index in [1.807, 2.05) is 19.9 Å². The second kappa shape index (κ2) is 7.34. The largest absolute Gasteiger partial charge is 0.392 e. The highest BCUT2D eigenvalue weighted by molar-refractivity contribution is 5.28. The van der Waals surface area contributed by atoms with Gasteiger partial charge in [-0.25, -0.2) is 0 Å². The molecule has 0 saturated carbocycles. The van der Waals surface area contributed by atoms with E-state index in [0.717, 1.165) is 24.0 Å². The molecule has 1 heteroatoms. The van der Waals surface area contributed by atoms with Crippen LogP contribution in [0.25, 0.3) is 0 Å². The summed E-state index contributed by atoms with van der Waals surface area (Å²) in [4.78, 5) is 0. The van der Waals surface area contributed by atoms with Crippen molar-refractivity contribution in [3.05, 3.63) is 48.1 Å². The molecule has 0 radical (unpaired) electrons. The summed E-state index contributed by atoms with van der Waals surface area (Å²) in [6.07, 6.45) is 7.80. The molecule has 0 fully saturated rings. The van der Waals surface area contributed by atoms with Gasteiger partial charge in [-0.2, -0.15) is 0 Å². The second-order valence-corrected chi connectivity index (χ2v) is 3.36. The minimum atomic E-state index is 0.0845. The Balaban J connectivity index is 4.19. The molecule has 0 saturated heterocycles. The van der Waals surface area contributed by atoms with Gasteiger partial charge in [0.15, 0.2) is 0 Å². The lowest BCUT2D eigenvalue weighted by Gasteiger charge is -2.03. The lowest BCUT2D eigenvalue weighted by atomic mass is 10.0. The van der Waals surface area contributed by atoms with Crippen LogP contribution in [0.15, 0.2) is 48.1 Å². The lowest BCUT2D eigenvalue weighted by Crippen LogP contribution is -1.89. The van der Waals surface area contributed by atoms with Crippen LogP contribution in [0.2, 0.25) is 0 Å². The first-order valence-corrected chi connectivity index (χ1v) is 4.87. The SMILES string of the molecule is C=C/C(C)=C\C(=C/C)CCC(=C)CO. The Morgan fingerprint density at radius 2 is 2.00 bits per heavy atom. The molecule has 0 heterocycles. The smallest absolute Gasteiger partial charge is 0.0639 e. The molecule has 1 N–H and O–H groups in total. The minimum absolute atomic E-state index is 0.0845. The average molecular weight is 192 g/mol. The van der Waals surface area contributed by atoms with Gasteiger partial charge in [-0.05, 0) is 26.7 Å². The summed E-state index contributed by atoms with van der Waals surface area (Å²) in [6.45, 7) is 11.6. The van der Waals surface area contributed by atoms with Crippen molar-refractivity contribution in [2.24, 2.45) is 0 Å². The quantitative estimate of drug-likeness (QED) is 0.505. The fourth-order valence-corrected chi connectivity index (χ4v) is 1.05. The molecule has 0 atom stereocenters. The Morgan fingerprint density at radius 3 is 2.43 bits per heavy atom. The van der Waals surface area contributed by atoms with Crippen LogP contribution in [0.3, 0.4) is 0 Å². The molecule has 0 aliphatic carbocycles. The Labute approximate surface area is 87.2 Å². The molecule has 0 unspecified atom stereocenters. The van der Waals surface area contributed by atoms with E-state index in [2.05, 4.69) is 25.3 Å². The highest BCUT2D eigenvalue weighted by Crippen LogP contribution is 2.13. The molecule has 14 heavy (non-hydrogen) atoms. The van der Waals surface area contributed by atoms with Crippen LogP contribution in [-0.4, -0.2) is 11.7 Å². The van der Waals surface area contributed by atoms with Crippen molar-refractivity contribution < 1.29 is 5.11 Å². The first-order valence-electron chi connectivity index (χ1n) is 4.87. The summed E-state index contributed by atoms with van der Waals surface area (Å²) in [7, 11) is 0.